The lowest BCUT2D eigenvalue weighted by Crippen LogP contribution is -2.42. The first-order valence-corrected chi connectivity index (χ1v) is 36.9. The van der Waals surface area contributed by atoms with E-state index in [2.05, 4.69) is 55.1 Å². The van der Waals surface area contributed by atoms with Gasteiger partial charge in [-0.15, -0.1) is 0 Å². The van der Waals surface area contributed by atoms with Crippen LogP contribution in [0.2, 0.25) is 0 Å². The van der Waals surface area contributed by atoms with E-state index in [1.54, 1.807) is 13.8 Å². The van der Waals surface area contributed by atoms with Crippen LogP contribution in [-0.4, -0.2) is 147 Å². The van der Waals surface area contributed by atoms with Crippen molar-refractivity contribution >= 4 is 58.5 Å². The van der Waals surface area contributed by atoms with Gasteiger partial charge in [0.05, 0.1) is 52.0 Å². The van der Waals surface area contributed by atoms with Crippen molar-refractivity contribution in [2.45, 2.75) is 277 Å². The van der Waals surface area contributed by atoms with Crippen molar-refractivity contribution in [1.82, 2.24) is 35.9 Å². The normalized spacial score (nSPS) is 12.2. The standard InChI is InChI=1S/C73H120F3N9O13/c1-6-8-10-12-14-16-18-20-22-24-26-28-30-32-34-36-47-96-55-61(97-49-37-35-33-31-29-27-25-23-21-19-17-15-13-11-9-7-2)56-98-72(92)78-46-50-95-52-51-94-48-38-45-77-63(86)44-43-62(69(90)93-5)81-67(88)58-39-41-60(42-40-58)85(70(91)73(74,75)76)54-59-53-79-65-64(80-59)68(89)84-71(82-65)83-66(87)57(3)4/h39-42,53,57,61-62H,6-38,43-52,54-56H2,1-5H3,(H,77,86)(H,78,92)(H,81,88)(H2,79,82,83,84,87,89)/t61-,62-/m1/s1. The van der Waals surface area contributed by atoms with Gasteiger partial charge >= 0.3 is 24.1 Å². The van der Waals surface area contributed by atoms with Crippen molar-refractivity contribution in [2.24, 2.45) is 5.92 Å². The zero-order chi connectivity index (χ0) is 71.3. The predicted molar refractivity (Wildman–Crippen MR) is 376 cm³/mol. The van der Waals surface area contributed by atoms with Crippen molar-refractivity contribution in [2.75, 3.05) is 83.3 Å². The first kappa shape index (κ1) is 85.9. The van der Waals surface area contributed by atoms with Crippen LogP contribution in [0.3, 0.4) is 0 Å². The minimum Gasteiger partial charge on any atom is -0.467 e. The van der Waals surface area contributed by atoms with Crippen LogP contribution < -0.4 is 31.7 Å². The number of ether oxygens (including phenoxy) is 6. The van der Waals surface area contributed by atoms with Gasteiger partial charge in [-0.05, 0) is 49.9 Å². The van der Waals surface area contributed by atoms with E-state index in [0.717, 1.165) is 63.3 Å². The summed E-state index contributed by atoms with van der Waals surface area (Å²) in [6, 6.07) is 3.14. The summed E-state index contributed by atoms with van der Waals surface area (Å²) in [6.07, 6.45) is 36.7. The van der Waals surface area contributed by atoms with E-state index >= 15 is 0 Å². The number of esters is 1. The van der Waals surface area contributed by atoms with E-state index in [4.69, 9.17) is 28.4 Å². The highest BCUT2D eigenvalue weighted by atomic mass is 19.4. The molecule has 0 saturated carbocycles. The number of amides is 5. The number of halogens is 3. The number of hydrogen-bond acceptors (Lipinski definition) is 16. The summed E-state index contributed by atoms with van der Waals surface area (Å²) in [7, 11) is 1.10. The molecular formula is C73H120F3N9O13. The highest BCUT2D eigenvalue weighted by Gasteiger charge is 2.43. The third-order valence-electron chi connectivity index (χ3n) is 16.8. The number of carbonyl (C=O) groups excluding carboxylic acids is 6. The number of H-pyrrole nitrogens is 1. The zero-order valence-corrected chi connectivity index (χ0v) is 59.9. The number of methoxy groups -OCH3 is 1. The van der Waals surface area contributed by atoms with Crippen LogP contribution in [0.1, 0.15) is 268 Å². The maximum Gasteiger partial charge on any atom is 0.471 e. The Morgan fingerprint density at radius 2 is 1.10 bits per heavy atom. The summed E-state index contributed by atoms with van der Waals surface area (Å²) in [5, 5.41) is 10.4. The van der Waals surface area contributed by atoms with Crippen molar-refractivity contribution in [1.29, 1.82) is 0 Å². The monoisotopic (exact) mass is 1390 g/mol. The summed E-state index contributed by atoms with van der Waals surface area (Å²) >= 11 is 0. The number of fused-ring (bicyclic) bond motifs is 1. The zero-order valence-electron chi connectivity index (χ0n) is 59.9. The van der Waals surface area contributed by atoms with Crippen molar-refractivity contribution in [3.63, 3.8) is 0 Å². The summed E-state index contributed by atoms with van der Waals surface area (Å²) in [5.74, 6) is -5.46. The predicted octanol–water partition coefficient (Wildman–Crippen LogP) is 14.6. The first-order valence-electron chi connectivity index (χ1n) is 36.9. The van der Waals surface area contributed by atoms with Gasteiger partial charge in [0.15, 0.2) is 11.2 Å². The van der Waals surface area contributed by atoms with E-state index in [-0.39, 0.29) is 92.5 Å². The molecule has 3 rings (SSSR count). The molecule has 0 fully saturated rings. The quantitative estimate of drug-likeness (QED) is 0.0259. The number of hydrogen-bond donors (Lipinski definition) is 5. The van der Waals surface area contributed by atoms with E-state index in [0.29, 0.717) is 37.7 Å². The Kier molecular flexibility index (Phi) is 47.8. The molecule has 0 unspecified atom stereocenters. The molecule has 5 N–H and O–H groups in total. The minimum atomic E-state index is -5.35. The fourth-order valence-electron chi connectivity index (χ4n) is 10.9. The molecule has 0 spiro atoms. The molecule has 0 aliphatic heterocycles. The van der Waals surface area contributed by atoms with Crippen molar-refractivity contribution in [3.05, 3.63) is 52.1 Å². The molecular weight excluding hydrogens is 1270 g/mol. The average Bonchev–Trinajstić information content (AvgIpc) is 0.849. The molecule has 0 bridgehead atoms. The van der Waals surface area contributed by atoms with E-state index in [1.807, 2.05) is 0 Å². The van der Waals surface area contributed by atoms with Crippen LogP contribution in [0.25, 0.3) is 11.2 Å². The first-order chi connectivity index (χ1) is 47.5. The summed E-state index contributed by atoms with van der Waals surface area (Å²) < 4.78 is 75.6. The molecule has 0 radical (unpaired) electrons. The third kappa shape index (κ3) is 40.7. The number of aromatic amines is 1. The second-order valence-corrected chi connectivity index (χ2v) is 25.7. The third-order valence-corrected chi connectivity index (χ3v) is 16.8. The van der Waals surface area contributed by atoms with Crippen LogP contribution >= 0.6 is 0 Å². The molecule has 2 heterocycles. The lowest BCUT2D eigenvalue weighted by atomic mass is 10.0. The Labute approximate surface area is 581 Å². The molecule has 25 heteroatoms. The summed E-state index contributed by atoms with van der Waals surface area (Å²) in [6.45, 7) is 10.2. The van der Waals surface area contributed by atoms with Crippen molar-refractivity contribution in [3.8, 4) is 0 Å². The van der Waals surface area contributed by atoms with E-state index in [1.165, 1.54) is 180 Å². The number of alkyl carbamates (subject to hydrolysis) is 1. The molecule has 5 amide bonds. The Balaban J connectivity index is 1.31. The fraction of sp³-hybridized carbons (Fsp3) is 0.753. The van der Waals surface area contributed by atoms with Crippen LogP contribution in [0.4, 0.5) is 29.6 Å². The highest BCUT2D eigenvalue weighted by molar-refractivity contribution is 6.00. The minimum absolute atomic E-state index is 0.0863. The molecule has 0 saturated heterocycles. The summed E-state index contributed by atoms with van der Waals surface area (Å²) in [4.78, 5) is 104. The Bertz CT molecular complexity index is 2710. The number of nitrogens with one attached hydrogen (secondary N) is 5. The highest BCUT2D eigenvalue weighted by Crippen LogP contribution is 2.27. The van der Waals surface area contributed by atoms with Crippen LogP contribution in [0.15, 0.2) is 35.3 Å². The van der Waals surface area contributed by atoms with Gasteiger partial charge in [-0.1, -0.05) is 220 Å². The maximum absolute atomic E-state index is 13.9. The number of carbonyl (C=O) groups is 6. The second kappa shape index (κ2) is 54.5. The van der Waals surface area contributed by atoms with E-state index in [9.17, 15) is 46.7 Å². The van der Waals surface area contributed by atoms with Gasteiger partial charge in [0.2, 0.25) is 17.8 Å². The fourth-order valence-corrected chi connectivity index (χ4v) is 10.9. The molecule has 0 aliphatic rings. The number of alkyl halides is 3. The topological polar surface area (TPSA) is 281 Å². The number of anilines is 2. The number of aromatic nitrogens is 4. The molecule has 2 aromatic heterocycles. The molecule has 0 aliphatic carbocycles. The number of nitrogens with zero attached hydrogens (tertiary/aromatic N) is 4. The SMILES string of the molecule is CCCCCCCCCCCCCCCCCCOC[C@H](COC(=O)NCCOCCOCCCNC(=O)CC[C@@H](NC(=O)c1ccc(N(Cc2cnc3nc(NC(=O)C(C)C)[nH]c(=O)c3n2)C(=O)C(F)(F)F)cc1)C(=O)OC)OCCCCCCCCCCCCCCCCCC. The van der Waals surface area contributed by atoms with Crippen LogP contribution in [-0.2, 0) is 54.1 Å². The smallest absolute Gasteiger partial charge is 0.467 e. The molecule has 1 aromatic carbocycles. The molecule has 3 aromatic rings. The average molecular weight is 1390 g/mol. The largest absolute Gasteiger partial charge is 0.471 e. The van der Waals surface area contributed by atoms with Gasteiger partial charge in [0.1, 0.15) is 18.8 Å². The van der Waals surface area contributed by atoms with E-state index < -0.39 is 65.9 Å². The Morgan fingerprint density at radius 3 is 1.62 bits per heavy atom. The number of benzene rings is 1. The molecule has 22 nitrogen and oxygen atoms in total. The van der Waals surface area contributed by atoms with Gasteiger partial charge in [0.25, 0.3) is 11.5 Å². The maximum atomic E-state index is 13.9. The molecule has 556 valence electrons. The summed E-state index contributed by atoms with van der Waals surface area (Å²) in [5.41, 5.74) is -2.05. The van der Waals surface area contributed by atoms with Gasteiger partial charge in [-0.2, -0.15) is 18.2 Å². The molecule has 2 atom stereocenters. The van der Waals surface area contributed by atoms with Crippen LogP contribution in [0, 0.1) is 5.92 Å². The van der Waals surface area contributed by atoms with Gasteiger partial charge in [-0.3, -0.25) is 39.2 Å². The lowest BCUT2D eigenvalue weighted by molar-refractivity contribution is -0.170. The Hall–Kier alpha value is -6.31. The lowest BCUT2D eigenvalue weighted by Gasteiger charge is -2.24. The van der Waals surface area contributed by atoms with Gasteiger partial charge in [0, 0.05) is 56.5 Å². The van der Waals surface area contributed by atoms with Crippen molar-refractivity contribution < 1.29 is 70.4 Å². The van der Waals surface area contributed by atoms with Gasteiger partial charge in [-0.25, -0.2) is 19.6 Å². The Morgan fingerprint density at radius 1 is 0.592 bits per heavy atom. The molecule has 98 heavy (non-hydrogen) atoms. The number of unbranched alkanes of at least 4 members (excludes halogenated alkanes) is 30. The van der Waals surface area contributed by atoms with Crippen LogP contribution in [0.5, 0.6) is 0 Å². The van der Waals surface area contributed by atoms with Gasteiger partial charge < -0.3 is 44.4 Å². The second-order valence-electron chi connectivity index (χ2n) is 25.7. The number of rotatable bonds is 60.